The van der Waals surface area contributed by atoms with E-state index in [1.165, 1.54) is 103 Å². The molecule has 2 atom stereocenters. The van der Waals surface area contributed by atoms with Crippen molar-refractivity contribution in [3.05, 3.63) is 24.3 Å². The average molecular weight is 706 g/mol. The first-order valence-corrected chi connectivity index (χ1v) is 21.6. The minimum absolute atomic E-state index is 0.0433. The van der Waals surface area contributed by atoms with E-state index in [1.807, 2.05) is 0 Å². The summed E-state index contributed by atoms with van der Waals surface area (Å²) in [5, 5.41) is 23.0. The molecule has 0 aliphatic rings. The third kappa shape index (κ3) is 36.1. The number of esters is 1. The van der Waals surface area contributed by atoms with Crippen LogP contribution in [0.4, 0.5) is 0 Å². The van der Waals surface area contributed by atoms with Gasteiger partial charge in [0.15, 0.2) is 0 Å². The van der Waals surface area contributed by atoms with Gasteiger partial charge in [-0.2, -0.15) is 0 Å². The molecular weight excluding hydrogens is 622 g/mol. The lowest BCUT2D eigenvalue weighted by molar-refractivity contribution is -0.143. The van der Waals surface area contributed by atoms with Gasteiger partial charge >= 0.3 is 5.97 Å². The molecule has 0 bridgehead atoms. The number of allylic oxidation sites excluding steroid dienone is 4. The summed E-state index contributed by atoms with van der Waals surface area (Å²) in [5.41, 5.74) is 0. The lowest BCUT2D eigenvalue weighted by Gasteiger charge is -2.22. The molecule has 0 aromatic heterocycles. The fourth-order valence-electron chi connectivity index (χ4n) is 6.32. The van der Waals surface area contributed by atoms with E-state index >= 15 is 0 Å². The predicted molar refractivity (Wildman–Crippen MR) is 213 cm³/mol. The van der Waals surface area contributed by atoms with Crippen molar-refractivity contribution in [1.82, 2.24) is 5.32 Å². The number of carbonyl (C=O) groups excluding carboxylic acids is 2. The number of amides is 1. The van der Waals surface area contributed by atoms with E-state index in [-0.39, 0.29) is 18.5 Å². The number of aliphatic hydroxyl groups is 2. The molecule has 6 nitrogen and oxygen atoms in total. The highest BCUT2D eigenvalue weighted by Crippen LogP contribution is 2.14. The van der Waals surface area contributed by atoms with Gasteiger partial charge in [-0.25, -0.2) is 0 Å². The van der Waals surface area contributed by atoms with Crippen molar-refractivity contribution in [2.45, 2.75) is 231 Å². The second-order valence-corrected chi connectivity index (χ2v) is 14.7. The van der Waals surface area contributed by atoms with Crippen LogP contribution < -0.4 is 5.32 Å². The number of ether oxygens (including phenoxy) is 1. The fourth-order valence-corrected chi connectivity index (χ4v) is 6.32. The van der Waals surface area contributed by atoms with Gasteiger partial charge < -0.3 is 20.3 Å². The molecule has 0 aromatic carbocycles. The van der Waals surface area contributed by atoms with Crippen molar-refractivity contribution >= 4 is 11.9 Å². The van der Waals surface area contributed by atoms with Crippen molar-refractivity contribution in [3.63, 3.8) is 0 Å². The topological polar surface area (TPSA) is 95.9 Å². The summed E-state index contributed by atoms with van der Waals surface area (Å²) in [6.07, 6.45) is 44.1. The molecule has 0 spiro atoms. The van der Waals surface area contributed by atoms with Crippen LogP contribution in [-0.2, 0) is 14.3 Å². The van der Waals surface area contributed by atoms with Crippen LogP contribution in [0.1, 0.15) is 219 Å². The van der Waals surface area contributed by atoms with Gasteiger partial charge in [-0.3, -0.25) is 9.59 Å². The first-order chi connectivity index (χ1) is 24.5. The van der Waals surface area contributed by atoms with Crippen LogP contribution in [0.2, 0.25) is 0 Å². The van der Waals surface area contributed by atoms with Crippen LogP contribution in [0.15, 0.2) is 24.3 Å². The summed E-state index contributed by atoms with van der Waals surface area (Å²) in [6, 6.07) is -0.560. The summed E-state index contributed by atoms with van der Waals surface area (Å²) in [4.78, 5) is 24.3. The molecule has 3 N–H and O–H groups in total. The van der Waals surface area contributed by atoms with E-state index in [1.54, 1.807) is 0 Å². The largest absolute Gasteiger partial charge is 0.466 e. The molecule has 0 saturated heterocycles. The van der Waals surface area contributed by atoms with E-state index in [9.17, 15) is 19.8 Å². The van der Waals surface area contributed by atoms with Crippen LogP contribution in [0.3, 0.4) is 0 Å². The Hall–Kier alpha value is -1.66. The van der Waals surface area contributed by atoms with Crippen molar-refractivity contribution in [3.8, 4) is 0 Å². The van der Waals surface area contributed by atoms with Gasteiger partial charge in [0.2, 0.25) is 5.91 Å². The van der Waals surface area contributed by atoms with Crippen LogP contribution in [0.5, 0.6) is 0 Å². The molecule has 1 amide bonds. The highest BCUT2D eigenvalue weighted by atomic mass is 16.5. The minimum Gasteiger partial charge on any atom is -0.466 e. The van der Waals surface area contributed by atoms with Crippen molar-refractivity contribution < 1.29 is 24.5 Å². The van der Waals surface area contributed by atoms with Gasteiger partial charge in [-0.05, 0) is 70.6 Å². The Kier molecular flexibility index (Phi) is 38.8. The summed E-state index contributed by atoms with van der Waals surface area (Å²) < 4.78 is 5.40. The van der Waals surface area contributed by atoms with Crippen molar-refractivity contribution in [2.75, 3.05) is 13.2 Å². The number of carbonyl (C=O) groups is 2. The third-order valence-electron chi connectivity index (χ3n) is 9.72. The molecule has 0 aromatic rings. The summed E-state index contributed by atoms with van der Waals surface area (Å²) in [7, 11) is 0. The van der Waals surface area contributed by atoms with E-state index < -0.39 is 12.1 Å². The zero-order valence-corrected chi connectivity index (χ0v) is 33.1. The molecule has 6 heteroatoms. The number of nitrogens with one attached hydrogen (secondary N) is 1. The van der Waals surface area contributed by atoms with E-state index in [0.29, 0.717) is 25.9 Å². The minimum atomic E-state index is -0.680. The quantitative estimate of drug-likeness (QED) is 0.0336. The predicted octanol–water partition coefficient (Wildman–Crippen LogP) is 12.0. The van der Waals surface area contributed by atoms with Gasteiger partial charge in [-0.15, -0.1) is 0 Å². The Bertz CT molecular complexity index is 782. The highest BCUT2D eigenvalue weighted by molar-refractivity contribution is 5.76. The molecule has 0 saturated carbocycles. The Morgan fingerprint density at radius 1 is 0.540 bits per heavy atom. The highest BCUT2D eigenvalue weighted by Gasteiger charge is 2.20. The SMILES string of the molecule is CCCC/C=C\CCCCCCCC(=O)OCCCC/C=C\CCCCCCCC(=O)NC(CO)C(O)CCCCCCCCCCCCC. The first-order valence-electron chi connectivity index (χ1n) is 21.6. The fraction of sp³-hybridized carbons (Fsp3) is 0.864. The smallest absolute Gasteiger partial charge is 0.305 e. The molecule has 294 valence electrons. The van der Waals surface area contributed by atoms with Crippen molar-refractivity contribution in [2.24, 2.45) is 0 Å². The standard InChI is InChI=1S/C44H83NO5/c1-3-5-7-9-11-13-16-20-24-28-32-36-42(47)41(40-46)45-43(48)37-33-29-25-21-18-15-19-23-27-31-35-39-50-44(49)38-34-30-26-22-17-14-12-10-8-6-4-2/h10,12,19,23,41-42,46-47H,3-9,11,13-18,20-22,24-40H2,1-2H3,(H,45,48)/b12-10-,23-19-. The molecule has 0 radical (unpaired) electrons. The first kappa shape index (κ1) is 48.3. The van der Waals surface area contributed by atoms with Gasteiger partial charge in [0, 0.05) is 12.8 Å². The zero-order chi connectivity index (χ0) is 36.6. The number of hydrogen-bond acceptors (Lipinski definition) is 5. The van der Waals surface area contributed by atoms with Crippen LogP contribution in [0.25, 0.3) is 0 Å². The normalized spacial score (nSPS) is 13.0. The molecular formula is C44H83NO5. The van der Waals surface area contributed by atoms with Gasteiger partial charge in [0.25, 0.3) is 0 Å². The van der Waals surface area contributed by atoms with Gasteiger partial charge in [-0.1, -0.05) is 160 Å². The Morgan fingerprint density at radius 3 is 1.48 bits per heavy atom. The zero-order valence-electron chi connectivity index (χ0n) is 33.1. The lowest BCUT2D eigenvalue weighted by Crippen LogP contribution is -2.45. The number of hydrogen-bond donors (Lipinski definition) is 3. The van der Waals surface area contributed by atoms with Crippen LogP contribution in [-0.4, -0.2) is 47.4 Å². The average Bonchev–Trinajstić information content (AvgIpc) is 3.11. The van der Waals surface area contributed by atoms with Gasteiger partial charge in [0.05, 0.1) is 25.4 Å². The molecule has 0 rings (SSSR count). The van der Waals surface area contributed by atoms with E-state index in [0.717, 1.165) is 83.5 Å². The number of rotatable bonds is 39. The second kappa shape index (κ2) is 40.1. The summed E-state index contributed by atoms with van der Waals surface area (Å²) in [6.45, 7) is 4.80. The van der Waals surface area contributed by atoms with Gasteiger partial charge in [0.1, 0.15) is 0 Å². The third-order valence-corrected chi connectivity index (χ3v) is 9.72. The maximum Gasteiger partial charge on any atom is 0.305 e. The maximum absolute atomic E-state index is 12.4. The Labute approximate surface area is 310 Å². The number of aliphatic hydroxyl groups excluding tert-OH is 2. The lowest BCUT2D eigenvalue weighted by atomic mass is 10.0. The molecule has 0 heterocycles. The van der Waals surface area contributed by atoms with E-state index in [4.69, 9.17) is 4.74 Å². The molecule has 2 unspecified atom stereocenters. The molecule has 0 aliphatic heterocycles. The van der Waals surface area contributed by atoms with Crippen molar-refractivity contribution in [1.29, 1.82) is 0 Å². The summed E-state index contributed by atoms with van der Waals surface area (Å²) >= 11 is 0. The summed E-state index contributed by atoms with van der Waals surface area (Å²) in [5.74, 6) is -0.111. The monoisotopic (exact) mass is 706 g/mol. The number of unbranched alkanes of at least 4 members (excludes halogenated alkanes) is 24. The van der Waals surface area contributed by atoms with Crippen LogP contribution in [0, 0.1) is 0 Å². The molecule has 0 fully saturated rings. The van der Waals surface area contributed by atoms with Crippen LogP contribution >= 0.6 is 0 Å². The Morgan fingerprint density at radius 2 is 0.960 bits per heavy atom. The van der Waals surface area contributed by atoms with E-state index in [2.05, 4.69) is 43.5 Å². The second-order valence-electron chi connectivity index (χ2n) is 14.7. The Balaban J connectivity index is 3.55. The maximum atomic E-state index is 12.4. The molecule has 50 heavy (non-hydrogen) atoms. The molecule has 0 aliphatic carbocycles.